The maximum absolute atomic E-state index is 13.5. The lowest BCUT2D eigenvalue weighted by Gasteiger charge is -2.32. The van der Waals surface area contributed by atoms with E-state index < -0.39 is 0 Å². The van der Waals surface area contributed by atoms with Crippen LogP contribution in [0.25, 0.3) is 21.3 Å². The number of aromatic amines is 1. The third-order valence-electron chi connectivity index (χ3n) is 5.85. The van der Waals surface area contributed by atoms with Crippen molar-refractivity contribution in [2.45, 2.75) is 25.7 Å². The molecule has 0 saturated carbocycles. The van der Waals surface area contributed by atoms with Crippen LogP contribution in [0.4, 0.5) is 0 Å². The standard InChI is InChI=1S/C24H22N2O3S/c1-24(2)18-11-15(29-9-3-8-27)5-7-16(18)22(28)21-17-6-4-14(20-12-25-13-30-20)10-19(17)26-23(21)24/h4-7,10-13,26-27H,3,8-9H2,1-2H3. The maximum atomic E-state index is 13.5. The van der Waals surface area contributed by atoms with E-state index in [-0.39, 0.29) is 17.8 Å². The average molecular weight is 419 g/mol. The van der Waals surface area contributed by atoms with Gasteiger partial charge >= 0.3 is 0 Å². The second-order valence-corrected chi connectivity index (χ2v) is 8.97. The smallest absolute Gasteiger partial charge is 0.195 e. The number of rotatable bonds is 5. The summed E-state index contributed by atoms with van der Waals surface area (Å²) in [5, 5.41) is 9.93. The highest BCUT2D eigenvalue weighted by Crippen LogP contribution is 2.45. The van der Waals surface area contributed by atoms with E-state index >= 15 is 0 Å². The second kappa shape index (κ2) is 7.07. The minimum atomic E-state index is -0.376. The predicted molar refractivity (Wildman–Crippen MR) is 119 cm³/mol. The Morgan fingerprint density at radius 1 is 1.20 bits per heavy atom. The summed E-state index contributed by atoms with van der Waals surface area (Å²) in [6.07, 6.45) is 2.44. The van der Waals surface area contributed by atoms with Gasteiger partial charge in [0.05, 0.1) is 22.6 Å². The van der Waals surface area contributed by atoms with Crippen LogP contribution in [-0.2, 0) is 5.41 Å². The highest BCUT2D eigenvalue weighted by atomic mass is 32.1. The Hall–Kier alpha value is -2.96. The van der Waals surface area contributed by atoms with Gasteiger partial charge in [0.25, 0.3) is 0 Å². The third kappa shape index (κ3) is 2.87. The molecule has 0 fully saturated rings. The average Bonchev–Trinajstić information content (AvgIpc) is 3.40. The lowest BCUT2D eigenvalue weighted by molar-refractivity contribution is 0.103. The van der Waals surface area contributed by atoms with Crippen LogP contribution in [0.5, 0.6) is 5.75 Å². The lowest BCUT2D eigenvalue weighted by Crippen LogP contribution is -2.30. The molecule has 2 heterocycles. The zero-order valence-electron chi connectivity index (χ0n) is 16.9. The van der Waals surface area contributed by atoms with Crippen molar-refractivity contribution < 1.29 is 14.6 Å². The third-order valence-corrected chi connectivity index (χ3v) is 6.67. The molecule has 0 bridgehead atoms. The first kappa shape index (κ1) is 19.0. The summed E-state index contributed by atoms with van der Waals surface area (Å²) in [7, 11) is 0. The number of carbonyl (C=O) groups excluding carboxylic acids is 1. The second-order valence-electron chi connectivity index (χ2n) is 8.09. The van der Waals surface area contributed by atoms with Gasteiger partial charge in [0.15, 0.2) is 5.78 Å². The zero-order chi connectivity index (χ0) is 20.9. The Bertz CT molecular complexity index is 1260. The number of nitrogens with one attached hydrogen (secondary N) is 1. The number of fused-ring (bicyclic) bond motifs is 4. The van der Waals surface area contributed by atoms with Crippen LogP contribution >= 0.6 is 11.3 Å². The molecule has 0 radical (unpaired) electrons. The molecule has 5 nitrogen and oxygen atoms in total. The van der Waals surface area contributed by atoms with Gasteiger partial charge in [0, 0.05) is 46.8 Å². The fourth-order valence-electron chi connectivity index (χ4n) is 4.27. The molecule has 1 aliphatic rings. The van der Waals surface area contributed by atoms with Crippen LogP contribution in [-0.4, -0.2) is 34.1 Å². The Morgan fingerprint density at radius 3 is 2.83 bits per heavy atom. The molecule has 4 aromatic rings. The number of thiazole rings is 1. The van der Waals surface area contributed by atoms with E-state index in [0.29, 0.717) is 13.0 Å². The minimum Gasteiger partial charge on any atom is -0.493 e. The Kier molecular flexibility index (Phi) is 4.49. The van der Waals surface area contributed by atoms with Gasteiger partial charge in [-0.25, -0.2) is 0 Å². The van der Waals surface area contributed by atoms with Crippen molar-refractivity contribution in [3.8, 4) is 16.2 Å². The molecule has 5 rings (SSSR count). The number of H-pyrrole nitrogens is 1. The van der Waals surface area contributed by atoms with Gasteiger partial charge in [-0.3, -0.25) is 9.78 Å². The molecule has 30 heavy (non-hydrogen) atoms. The van der Waals surface area contributed by atoms with Crippen LogP contribution in [0.15, 0.2) is 48.1 Å². The quantitative estimate of drug-likeness (QED) is 0.451. The van der Waals surface area contributed by atoms with Gasteiger partial charge < -0.3 is 14.8 Å². The van der Waals surface area contributed by atoms with Gasteiger partial charge in [-0.1, -0.05) is 26.0 Å². The molecule has 0 unspecified atom stereocenters. The number of aliphatic hydroxyl groups excluding tert-OH is 1. The molecule has 2 N–H and O–H groups in total. The molecule has 152 valence electrons. The van der Waals surface area contributed by atoms with E-state index in [4.69, 9.17) is 9.84 Å². The van der Waals surface area contributed by atoms with Crippen LogP contribution in [0, 0.1) is 0 Å². The van der Waals surface area contributed by atoms with Crippen molar-refractivity contribution in [1.29, 1.82) is 0 Å². The molecule has 0 amide bonds. The van der Waals surface area contributed by atoms with Crippen molar-refractivity contribution in [2.75, 3.05) is 13.2 Å². The van der Waals surface area contributed by atoms with E-state index in [2.05, 4.69) is 35.9 Å². The predicted octanol–water partition coefficient (Wildman–Crippen LogP) is 4.92. The summed E-state index contributed by atoms with van der Waals surface area (Å²) in [6.45, 7) is 4.81. The van der Waals surface area contributed by atoms with E-state index in [1.54, 1.807) is 11.3 Å². The van der Waals surface area contributed by atoms with Gasteiger partial charge in [0.2, 0.25) is 0 Å². The normalized spacial score (nSPS) is 14.6. The van der Waals surface area contributed by atoms with Crippen molar-refractivity contribution in [3.05, 3.63) is 70.5 Å². The number of benzene rings is 2. The number of aliphatic hydroxyl groups is 1. The summed E-state index contributed by atoms with van der Waals surface area (Å²) in [6, 6.07) is 11.8. The first-order valence-electron chi connectivity index (χ1n) is 9.98. The summed E-state index contributed by atoms with van der Waals surface area (Å²) in [4.78, 5) is 22.3. The SMILES string of the molecule is CC1(C)c2cc(OCCCO)ccc2C(=O)c2c1[nH]c1cc(-c3cncs3)ccc21. The van der Waals surface area contributed by atoms with Gasteiger partial charge in [0.1, 0.15) is 5.75 Å². The first-order chi connectivity index (χ1) is 14.5. The fourth-order valence-corrected chi connectivity index (χ4v) is 4.89. The van der Waals surface area contributed by atoms with E-state index in [1.165, 1.54) is 0 Å². The Labute approximate surface area is 178 Å². The topological polar surface area (TPSA) is 75.2 Å². The molecule has 0 atom stereocenters. The molecule has 2 aromatic heterocycles. The molecule has 2 aromatic carbocycles. The van der Waals surface area contributed by atoms with E-state index in [0.717, 1.165) is 49.5 Å². The minimum absolute atomic E-state index is 0.0398. The van der Waals surface area contributed by atoms with Crippen LogP contribution in [0.3, 0.4) is 0 Å². The van der Waals surface area contributed by atoms with Gasteiger partial charge in [-0.05, 0) is 35.4 Å². The monoisotopic (exact) mass is 418 g/mol. The van der Waals surface area contributed by atoms with Crippen LogP contribution in [0.1, 0.15) is 47.4 Å². The molecular formula is C24H22N2O3S. The molecule has 0 spiro atoms. The summed E-state index contributed by atoms with van der Waals surface area (Å²) in [5.74, 6) is 0.758. The highest BCUT2D eigenvalue weighted by molar-refractivity contribution is 7.13. The summed E-state index contributed by atoms with van der Waals surface area (Å²) < 4.78 is 5.76. The first-order valence-corrected chi connectivity index (χ1v) is 10.9. The van der Waals surface area contributed by atoms with Crippen molar-refractivity contribution in [2.24, 2.45) is 0 Å². The number of ether oxygens (including phenoxy) is 1. The van der Waals surface area contributed by atoms with E-state index in [9.17, 15) is 4.79 Å². The van der Waals surface area contributed by atoms with Gasteiger partial charge in [-0.2, -0.15) is 0 Å². The number of hydrogen-bond acceptors (Lipinski definition) is 5. The lowest BCUT2D eigenvalue weighted by atomic mass is 9.71. The summed E-state index contributed by atoms with van der Waals surface area (Å²) in [5.41, 5.74) is 6.85. The molecule has 1 aliphatic carbocycles. The maximum Gasteiger partial charge on any atom is 0.195 e. The van der Waals surface area contributed by atoms with Crippen molar-refractivity contribution in [3.63, 3.8) is 0 Å². The van der Waals surface area contributed by atoms with Crippen LogP contribution < -0.4 is 4.74 Å². The Balaban J connectivity index is 1.62. The molecule has 0 aliphatic heterocycles. The van der Waals surface area contributed by atoms with E-state index in [1.807, 2.05) is 36.0 Å². The fraction of sp³-hybridized carbons (Fsp3) is 0.250. The summed E-state index contributed by atoms with van der Waals surface area (Å²) >= 11 is 1.60. The number of carbonyl (C=O) groups is 1. The number of aromatic nitrogens is 2. The zero-order valence-corrected chi connectivity index (χ0v) is 17.7. The van der Waals surface area contributed by atoms with Crippen molar-refractivity contribution in [1.82, 2.24) is 9.97 Å². The molecular weight excluding hydrogens is 396 g/mol. The van der Waals surface area contributed by atoms with Gasteiger partial charge in [-0.15, -0.1) is 11.3 Å². The van der Waals surface area contributed by atoms with Crippen LogP contribution in [0.2, 0.25) is 0 Å². The Morgan fingerprint density at radius 2 is 2.07 bits per heavy atom. The highest BCUT2D eigenvalue weighted by Gasteiger charge is 2.39. The van der Waals surface area contributed by atoms with Crippen molar-refractivity contribution >= 4 is 28.0 Å². The largest absolute Gasteiger partial charge is 0.493 e. The molecule has 0 saturated heterocycles. The number of ketones is 1. The molecule has 6 heteroatoms. The number of nitrogens with zero attached hydrogens (tertiary/aromatic N) is 1. The number of hydrogen-bond donors (Lipinski definition) is 2.